The highest BCUT2D eigenvalue weighted by Crippen LogP contribution is 2.13. The van der Waals surface area contributed by atoms with Gasteiger partial charge >= 0.3 is 6.03 Å². The van der Waals surface area contributed by atoms with Crippen molar-refractivity contribution in [2.45, 2.75) is 32.7 Å². The third-order valence-electron chi connectivity index (χ3n) is 2.90. The summed E-state index contributed by atoms with van der Waals surface area (Å²) in [5, 5.41) is 8.09. The van der Waals surface area contributed by atoms with Gasteiger partial charge in [0.15, 0.2) is 0 Å². The largest absolute Gasteiger partial charge is 0.356 e. The Hall–Kier alpha value is -2.08. The van der Waals surface area contributed by atoms with Crippen molar-refractivity contribution in [2.75, 3.05) is 18.4 Å². The van der Waals surface area contributed by atoms with Crippen LogP contribution in [0.1, 0.15) is 38.3 Å². The molecule has 1 aromatic rings. The zero-order valence-corrected chi connectivity index (χ0v) is 12.6. The van der Waals surface area contributed by atoms with Gasteiger partial charge in [-0.05, 0) is 31.0 Å². The quantitative estimate of drug-likeness (QED) is 0.616. The van der Waals surface area contributed by atoms with Gasteiger partial charge in [0.25, 0.3) is 0 Å². The first kappa shape index (κ1) is 17.0. The second-order valence-electron chi connectivity index (χ2n) is 4.89. The van der Waals surface area contributed by atoms with Crippen molar-refractivity contribution in [1.29, 1.82) is 0 Å². The molecule has 0 saturated heterocycles. The number of hydrogen-bond donors (Lipinski definition) is 4. The fourth-order valence-electron chi connectivity index (χ4n) is 1.69. The monoisotopic (exact) mass is 292 g/mol. The van der Waals surface area contributed by atoms with Crippen molar-refractivity contribution in [3.8, 4) is 0 Å². The molecule has 0 fully saturated rings. The van der Waals surface area contributed by atoms with Crippen LogP contribution in [0.15, 0.2) is 24.3 Å². The van der Waals surface area contributed by atoms with Crippen molar-refractivity contribution in [3.05, 3.63) is 29.8 Å². The van der Waals surface area contributed by atoms with Gasteiger partial charge in [0.05, 0.1) is 0 Å². The first-order valence-electron chi connectivity index (χ1n) is 7.20. The van der Waals surface area contributed by atoms with Gasteiger partial charge in [-0.2, -0.15) is 0 Å². The van der Waals surface area contributed by atoms with Crippen molar-refractivity contribution in [3.63, 3.8) is 0 Å². The Morgan fingerprint density at radius 3 is 2.38 bits per heavy atom. The number of urea groups is 1. The van der Waals surface area contributed by atoms with Crippen LogP contribution in [0.25, 0.3) is 0 Å². The van der Waals surface area contributed by atoms with E-state index in [9.17, 15) is 9.59 Å². The molecule has 1 rings (SSSR count). The normalized spacial score (nSPS) is 11.6. The minimum atomic E-state index is -0.327. The molecule has 0 aliphatic heterocycles. The lowest BCUT2D eigenvalue weighted by Gasteiger charge is -2.09. The van der Waals surface area contributed by atoms with Crippen LogP contribution in [0, 0.1) is 0 Å². The molecule has 0 spiro atoms. The lowest BCUT2D eigenvalue weighted by atomic mass is 10.1. The van der Waals surface area contributed by atoms with Crippen molar-refractivity contribution in [2.24, 2.45) is 5.73 Å². The van der Waals surface area contributed by atoms with Crippen LogP contribution in [-0.2, 0) is 4.79 Å². The lowest BCUT2D eigenvalue weighted by Crippen LogP contribution is -2.33. The minimum absolute atomic E-state index is 0.0329. The molecular formula is C15H24N4O2. The second kappa shape index (κ2) is 8.97. The molecule has 1 unspecified atom stereocenters. The average molecular weight is 292 g/mol. The Labute approximate surface area is 125 Å². The van der Waals surface area contributed by atoms with Crippen LogP contribution in [0.4, 0.5) is 10.5 Å². The van der Waals surface area contributed by atoms with Crippen LogP contribution >= 0.6 is 0 Å². The molecule has 0 radical (unpaired) electrons. The first-order chi connectivity index (χ1) is 10.0. The van der Waals surface area contributed by atoms with Crippen molar-refractivity contribution in [1.82, 2.24) is 10.6 Å². The average Bonchev–Trinajstić information content (AvgIpc) is 2.45. The van der Waals surface area contributed by atoms with E-state index in [4.69, 9.17) is 5.73 Å². The summed E-state index contributed by atoms with van der Waals surface area (Å²) in [6.07, 6.45) is 1.17. The Morgan fingerprint density at radius 1 is 1.14 bits per heavy atom. The van der Waals surface area contributed by atoms with Crippen LogP contribution in [-0.4, -0.2) is 25.0 Å². The van der Waals surface area contributed by atoms with E-state index in [2.05, 4.69) is 16.0 Å². The van der Waals surface area contributed by atoms with Crippen molar-refractivity contribution >= 4 is 17.6 Å². The Kier molecular flexibility index (Phi) is 7.25. The molecule has 6 nitrogen and oxygen atoms in total. The lowest BCUT2D eigenvalue weighted by molar-refractivity contribution is -0.120. The summed E-state index contributed by atoms with van der Waals surface area (Å²) in [6.45, 7) is 4.86. The topological polar surface area (TPSA) is 96.2 Å². The van der Waals surface area contributed by atoms with Crippen LogP contribution < -0.4 is 21.7 Å². The predicted octanol–water partition coefficient (Wildman–Crippen LogP) is 1.74. The van der Waals surface area contributed by atoms with Gasteiger partial charge in [-0.15, -0.1) is 0 Å². The molecular weight excluding hydrogens is 268 g/mol. The van der Waals surface area contributed by atoms with Gasteiger partial charge < -0.3 is 21.7 Å². The third kappa shape index (κ3) is 6.76. The molecule has 1 aromatic carbocycles. The van der Waals surface area contributed by atoms with Crippen LogP contribution in [0.5, 0.6) is 0 Å². The summed E-state index contributed by atoms with van der Waals surface area (Å²) in [5.41, 5.74) is 7.45. The Morgan fingerprint density at radius 2 is 1.81 bits per heavy atom. The van der Waals surface area contributed by atoms with Crippen molar-refractivity contribution < 1.29 is 9.59 Å². The molecule has 0 saturated carbocycles. The summed E-state index contributed by atoms with van der Waals surface area (Å²) in [7, 11) is 0. The number of nitrogens with two attached hydrogens (primary N) is 1. The first-order valence-corrected chi connectivity index (χ1v) is 7.20. The summed E-state index contributed by atoms with van der Waals surface area (Å²) in [6, 6.07) is 6.98. The van der Waals surface area contributed by atoms with Gasteiger partial charge in [-0.25, -0.2) is 4.79 Å². The fourth-order valence-corrected chi connectivity index (χ4v) is 1.69. The Bertz CT molecular complexity index is 457. The SMILES string of the molecule is CCCNC(=O)CCNC(=O)Nc1ccc(C(C)N)cc1. The van der Waals surface area contributed by atoms with Gasteiger partial charge in [-0.1, -0.05) is 19.1 Å². The zero-order chi connectivity index (χ0) is 15.7. The standard InChI is InChI=1S/C15H24N4O2/c1-3-9-17-14(20)8-10-18-15(21)19-13-6-4-12(5-7-13)11(2)16/h4-7,11H,3,8-10,16H2,1-2H3,(H,17,20)(H2,18,19,21). The predicted molar refractivity (Wildman–Crippen MR) is 84.0 cm³/mol. The fraction of sp³-hybridized carbons (Fsp3) is 0.467. The summed E-state index contributed by atoms with van der Waals surface area (Å²) >= 11 is 0. The van der Waals surface area contributed by atoms with Crippen LogP contribution in [0.3, 0.4) is 0 Å². The molecule has 1 atom stereocenters. The maximum atomic E-state index is 11.6. The summed E-state index contributed by atoms with van der Waals surface area (Å²) in [4.78, 5) is 23.0. The molecule has 0 aromatic heterocycles. The molecule has 0 heterocycles. The maximum absolute atomic E-state index is 11.6. The number of rotatable bonds is 7. The highest BCUT2D eigenvalue weighted by atomic mass is 16.2. The molecule has 0 aliphatic carbocycles. The van der Waals surface area contributed by atoms with E-state index in [1.807, 2.05) is 26.0 Å². The second-order valence-corrected chi connectivity index (χ2v) is 4.89. The number of benzene rings is 1. The molecule has 0 bridgehead atoms. The van der Waals surface area contributed by atoms with E-state index in [-0.39, 0.29) is 24.4 Å². The number of amides is 3. The number of hydrogen-bond acceptors (Lipinski definition) is 3. The smallest absolute Gasteiger partial charge is 0.319 e. The molecule has 3 amide bonds. The number of carbonyl (C=O) groups is 2. The van der Waals surface area contributed by atoms with E-state index in [0.717, 1.165) is 12.0 Å². The highest BCUT2D eigenvalue weighted by molar-refractivity contribution is 5.89. The zero-order valence-electron chi connectivity index (χ0n) is 12.6. The molecule has 5 N–H and O–H groups in total. The van der Waals surface area contributed by atoms with E-state index >= 15 is 0 Å². The van der Waals surface area contributed by atoms with Crippen LogP contribution in [0.2, 0.25) is 0 Å². The third-order valence-corrected chi connectivity index (χ3v) is 2.90. The van der Waals surface area contributed by atoms with Gasteiger partial charge in [-0.3, -0.25) is 4.79 Å². The van der Waals surface area contributed by atoms with E-state index in [1.54, 1.807) is 12.1 Å². The summed E-state index contributed by atoms with van der Waals surface area (Å²) in [5.74, 6) is -0.0570. The molecule has 6 heteroatoms. The summed E-state index contributed by atoms with van der Waals surface area (Å²) < 4.78 is 0. The number of nitrogens with one attached hydrogen (secondary N) is 3. The molecule has 116 valence electrons. The molecule has 0 aliphatic rings. The maximum Gasteiger partial charge on any atom is 0.319 e. The highest BCUT2D eigenvalue weighted by Gasteiger charge is 2.04. The number of carbonyl (C=O) groups excluding carboxylic acids is 2. The Balaban J connectivity index is 2.28. The van der Waals surface area contributed by atoms with E-state index < -0.39 is 0 Å². The number of anilines is 1. The van der Waals surface area contributed by atoms with Gasteiger partial charge in [0.2, 0.25) is 5.91 Å². The molecule has 21 heavy (non-hydrogen) atoms. The van der Waals surface area contributed by atoms with E-state index in [1.165, 1.54) is 0 Å². The van der Waals surface area contributed by atoms with Gasteiger partial charge in [0.1, 0.15) is 0 Å². The van der Waals surface area contributed by atoms with E-state index in [0.29, 0.717) is 18.8 Å². The minimum Gasteiger partial charge on any atom is -0.356 e. The van der Waals surface area contributed by atoms with Gasteiger partial charge in [0, 0.05) is 31.2 Å².